The molecule has 1 saturated heterocycles. The van der Waals surface area contributed by atoms with E-state index in [1.165, 1.54) is 0 Å². The second-order valence-electron chi connectivity index (χ2n) is 7.88. The van der Waals surface area contributed by atoms with Crippen molar-refractivity contribution in [1.82, 2.24) is 24.8 Å². The minimum atomic E-state index is -0.212. The van der Waals surface area contributed by atoms with E-state index in [0.717, 1.165) is 54.0 Å². The summed E-state index contributed by atoms with van der Waals surface area (Å²) in [6.45, 7) is 3.76. The van der Waals surface area contributed by atoms with Gasteiger partial charge in [0.2, 0.25) is 0 Å². The normalized spacial score (nSPS) is 14.5. The maximum atomic E-state index is 12.9. The first-order valence-electron chi connectivity index (χ1n) is 10.5. The van der Waals surface area contributed by atoms with Crippen molar-refractivity contribution in [3.63, 3.8) is 0 Å². The Morgan fingerprint density at radius 1 is 0.906 bits per heavy atom. The number of fused-ring (bicyclic) bond motifs is 1. The number of amides is 1. The van der Waals surface area contributed by atoms with E-state index < -0.39 is 0 Å². The average molecular weight is 425 g/mol. The summed E-state index contributed by atoms with van der Waals surface area (Å²) in [5.74, 6) is 1.10. The van der Waals surface area contributed by atoms with Crippen LogP contribution in [-0.4, -0.2) is 64.0 Å². The Kier molecular flexibility index (Phi) is 5.43. The molecule has 1 amide bonds. The van der Waals surface area contributed by atoms with Crippen LogP contribution in [0.15, 0.2) is 67.4 Å². The van der Waals surface area contributed by atoms with Gasteiger partial charge in [0, 0.05) is 73.7 Å². The lowest BCUT2D eigenvalue weighted by atomic mass is 10.1. The van der Waals surface area contributed by atoms with Gasteiger partial charge in [-0.3, -0.25) is 14.8 Å². The molecular formula is C24H23N7O. The zero-order valence-electron chi connectivity index (χ0n) is 17.8. The van der Waals surface area contributed by atoms with Gasteiger partial charge >= 0.3 is 0 Å². The SMILES string of the molecule is CN1CCN(c2cc(C(=O)Nc3cc4cc(-c5cccnc5)ncc4cn3)ccn2)CC1. The van der Waals surface area contributed by atoms with Crippen molar-refractivity contribution in [2.45, 2.75) is 0 Å². The molecule has 5 heterocycles. The van der Waals surface area contributed by atoms with Gasteiger partial charge in [0.05, 0.1) is 5.69 Å². The molecule has 0 atom stereocenters. The molecule has 160 valence electrons. The first kappa shape index (κ1) is 20.0. The van der Waals surface area contributed by atoms with Crippen molar-refractivity contribution in [3.8, 4) is 11.3 Å². The summed E-state index contributed by atoms with van der Waals surface area (Å²) in [6, 6.07) is 11.2. The van der Waals surface area contributed by atoms with Gasteiger partial charge in [-0.25, -0.2) is 9.97 Å². The number of carbonyl (C=O) groups is 1. The molecule has 0 aromatic carbocycles. The van der Waals surface area contributed by atoms with Gasteiger partial charge in [-0.15, -0.1) is 0 Å². The number of pyridine rings is 4. The summed E-state index contributed by atoms with van der Waals surface area (Å²) in [6.07, 6.45) is 8.69. The van der Waals surface area contributed by atoms with Gasteiger partial charge in [-0.2, -0.15) is 0 Å². The second-order valence-corrected chi connectivity index (χ2v) is 7.88. The zero-order valence-corrected chi connectivity index (χ0v) is 17.8. The fraction of sp³-hybridized carbons (Fsp3) is 0.208. The van der Waals surface area contributed by atoms with Crippen molar-refractivity contribution >= 4 is 28.3 Å². The van der Waals surface area contributed by atoms with Crippen LogP contribution >= 0.6 is 0 Å². The molecule has 8 heteroatoms. The van der Waals surface area contributed by atoms with Crippen LogP contribution in [0.3, 0.4) is 0 Å². The summed E-state index contributed by atoms with van der Waals surface area (Å²) in [5.41, 5.74) is 2.31. The number of piperazine rings is 1. The summed E-state index contributed by atoms with van der Waals surface area (Å²) >= 11 is 0. The van der Waals surface area contributed by atoms with E-state index in [4.69, 9.17) is 0 Å². The molecule has 0 unspecified atom stereocenters. The quantitative estimate of drug-likeness (QED) is 0.538. The molecule has 0 radical (unpaired) electrons. The highest BCUT2D eigenvalue weighted by molar-refractivity contribution is 6.05. The van der Waals surface area contributed by atoms with Gasteiger partial charge in [-0.1, -0.05) is 0 Å². The Balaban J connectivity index is 1.36. The van der Waals surface area contributed by atoms with Gasteiger partial charge in [-0.05, 0) is 48.8 Å². The number of aromatic nitrogens is 4. The van der Waals surface area contributed by atoms with Gasteiger partial charge in [0.25, 0.3) is 5.91 Å². The van der Waals surface area contributed by atoms with E-state index in [9.17, 15) is 4.79 Å². The molecule has 1 aliphatic rings. The van der Waals surface area contributed by atoms with Crippen LogP contribution in [0.5, 0.6) is 0 Å². The molecule has 8 nitrogen and oxygen atoms in total. The van der Waals surface area contributed by atoms with E-state index in [1.807, 2.05) is 30.3 Å². The maximum absolute atomic E-state index is 12.9. The molecule has 0 bridgehead atoms. The van der Waals surface area contributed by atoms with Crippen molar-refractivity contribution in [2.24, 2.45) is 0 Å². The van der Waals surface area contributed by atoms with E-state index >= 15 is 0 Å². The largest absolute Gasteiger partial charge is 0.354 e. The molecule has 4 aromatic rings. The topological polar surface area (TPSA) is 87.1 Å². The molecule has 4 aromatic heterocycles. The van der Waals surface area contributed by atoms with Crippen LogP contribution < -0.4 is 10.2 Å². The van der Waals surface area contributed by atoms with Crippen molar-refractivity contribution in [3.05, 3.63) is 72.9 Å². The number of anilines is 2. The predicted molar refractivity (Wildman–Crippen MR) is 125 cm³/mol. The highest BCUT2D eigenvalue weighted by Gasteiger charge is 2.17. The molecular weight excluding hydrogens is 402 g/mol. The predicted octanol–water partition coefficient (Wildman–Crippen LogP) is 3.09. The fourth-order valence-electron chi connectivity index (χ4n) is 3.74. The average Bonchev–Trinajstić information content (AvgIpc) is 2.84. The Hall–Kier alpha value is -3.91. The molecule has 0 aliphatic carbocycles. The van der Waals surface area contributed by atoms with Crippen LogP contribution in [-0.2, 0) is 0 Å². The van der Waals surface area contributed by atoms with Crippen LogP contribution in [0, 0.1) is 0 Å². The minimum Gasteiger partial charge on any atom is -0.354 e. The van der Waals surface area contributed by atoms with Crippen LogP contribution in [0.2, 0.25) is 0 Å². The highest BCUT2D eigenvalue weighted by atomic mass is 16.1. The third kappa shape index (κ3) is 4.26. The molecule has 0 spiro atoms. The summed E-state index contributed by atoms with van der Waals surface area (Å²) < 4.78 is 0. The lowest BCUT2D eigenvalue weighted by molar-refractivity contribution is 0.102. The molecule has 1 aliphatic heterocycles. The third-order valence-electron chi connectivity index (χ3n) is 5.64. The Morgan fingerprint density at radius 2 is 1.75 bits per heavy atom. The molecule has 1 fully saturated rings. The first-order valence-corrected chi connectivity index (χ1v) is 10.5. The Labute approximate surface area is 186 Å². The summed E-state index contributed by atoms with van der Waals surface area (Å²) in [4.78, 5) is 34.9. The Morgan fingerprint density at radius 3 is 2.56 bits per heavy atom. The van der Waals surface area contributed by atoms with Crippen LogP contribution in [0.1, 0.15) is 10.4 Å². The van der Waals surface area contributed by atoms with E-state index in [1.54, 1.807) is 37.1 Å². The smallest absolute Gasteiger partial charge is 0.257 e. The number of likely N-dealkylation sites (N-methyl/N-ethyl adjacent to an activating group) is 1. The number of hydrogen-bond acceptors (Lipinski definition) is 7. The number of nitrogens with zero attached hydrogens (tertiary/aromatic N) is 6. The summed E-state index contributed by atoms with van der Waals surface area (Å²) in [5, 5.41) is 4.75. The van der Waals surface area contributed by atoms with Crippen LogP contribution in [0.25, 0.3) is 22.0 Å². The molecule has 1 N–H and O–H groups in total. The van der Waals surface area contributed by atoms with Crippen molar-refractivity contribution in [2.75, 3.05) is 43.4 Å². The lowest BCUT2D eigenvalue weighted by Crippen LogP contribution is -2.44. The number of hydrogen-bond donors (Lipinski definition) is 1. The Bertz CT molecular complexity index is 1250. The fourth-order valence-corrected chi connectivity index (χ4v) is 3.74. The number of carbonyl (C=O) groups excluding carboxylic acids is 1. The molecule has 0 saturated carbocycles. The van der Waals surface area contributed by atoms with E-state index in [-0.39, 0.29) is 5.91 Å². The monoisotopic (exact) mass is 425 g/mol. The van der Waals surface area contributed by atoms with Gasteiger partial charge in [0.1, 0.15) is 11.6 Å². The molecule has 32 heavy (non-hydrogen) atoms. The zero-order chi connectivity index (χ0) is 21.9. The molecule has 5 rings (SSSR count). The van der Waals surface area contributed by atoms with Gasteiger partial charge in [0.15, 0.2) is 0 Å². The van der Waals surface area contributed by atoms with Crippen molar-refractivity contribution in [1.29, 1.82) is 0 Å². The summed E-state index contributed by atoms with van der Waals surface area (Å²) in [7, 11) is 2.11. The van der Waals surface area contributed by atoms with Gasteiger partial charge < -0.3 is 15.1 Å². The van der Waals surface area contributed by atoms with E-state index in [0.29, 0.717) is 11.4 Å². The number of rotatable bonds is 4. The maximum Gasteiger partial charge on any atom is 0.257 e. The van der Waals surface area contributed by atoms with E-state index in [2.05, 4.69) is 42.1 Å². The highest BCUT2D eigenvalue weighted by Crippen LogP contribution is 2.23. The minimum absolute atomic E-state index is 0.212. The first-order chi connectivity index (χ1) is 15.7. The third-order valence-corrected chi connectivity index (χ3v) is 5.64. The number of nitrogens with one attached hydrogen (secondary N) is 1. The van der Waals surface area contributed by atoms with Crippen LogP contribution in [0.4, 0.5) is 11.6 Å². The standard InChI is InChI=1S/C24H23N7O/c1-30-7-9-31(10-8-30)23-13-17(4-6-26-23)24(32)29-22-12-19-11-21(18-3-2-5-25-14-18)27-15-20(19)16-28-22/h2-6,11-16H,7-10H2,1H3,(H,28,29,32). The second kappa shape index (κ2) is 8.68. The van der Waals surface area contributed by atoms with Crippen molar-refractivity contribution < 1.29 is 4.79 Å². The lowest BCUT2D eigenvalue weighted by Gasteiger charge is -2.33.